The van der Waals surface area contributed by atoms with Crippen LogP contribution >= 0.6 is 34.2 Å². The Labute approximate surface area is 137 Å². The summed E-state index contributed by atoms with van der Waals surface area (Å²) in [5.41, 5.74) is 0.422. The van der Waals surface area contributed by atoms with Crippen LogP contribution in [-0.4, -0.2) is 30.8 Å². The van der Waals surface area contributed by atoms with Crippen LogP contribution in [0.25, 0.3) is 0 Å². The van der Waals surface area contributed by atoms with Crippen molar-refractivity contribution in [3.05, 3.63) is 26.3 Å². The molecule has 1 aromatic rings. The van der Waals surface area contributed by atoms with Gasteiger partial charge in [-0.2, -0.15) is 0 Å². The van der Waals surface area contributed by atoms with Crippen molar-refractivity contribution >= 4 is 40.1 Å². The minimum atomic E-state index is -0.308. The molecule has 0 bridgehead atoms. The number of amides is 1. The molecule has 0 radical (unpaired) electrons. The van der Waals surface area contributed by atoms with Gasteiger partial charge in [-0.05, 0) is 47.6 Å². The summed E-state index contributed by atoms with van der Waals surface area (Å²) in [5, 5.41) is 13.1. The molecule has 6 heteroatoms. The second kappa shape index (κ2) is 6.95. The fourth-order valence-corrected chi connectivity index (χ4v) is 3.05. The molecule has 0 heterocycles. The number of carbonyl (C=O) groups excluding carboxylic acids is 1. The Bertz CT molecular complexity index is 509. The zero-order valence-electron chi connectivity index (χ0n) is 11.2. The van der Waals surface area contributed by atoms with Gasteiger partial charge in [0.15, 0.2) is 0 Å². The first kappa shape index (κ1) is 15.9. The fourth-order valence-electron chi connectivity index (χ4n) is 2.45. The van der Waals surface area contributed by atoms with Crippen molar-refractivity contribution in [2.24, 2.45) is 5.92 Å². The highest BCUT2D eigenvalue weighted by atomic mass is 127. The van der Waals surface area contributed by atoms with Crippen LogP contribution in [0.5, 0.6) is 5.75 Å². The maximum atomic E-state index is 12.2. The normalized spacial score (nSPS) is 21.8. The zero-order chi connectivity index (χ0) is 14.7. The molecule has 1 aromatic carbocycles. The van der Waals surface area contributed by atoms with E-state index in [4.69, 9.17) is 16.3 Å². The molecular formula is C14H17ClINO3. The number of ether oxygens (including phenoxy) is 1. The maximum absolute atomic E-state index is 12.2. The van der Waals surface area contributed by atoms with Crippen LogP contribution in [0.2, 0.25) is 5.02 Å². The van der Waals surface area contributed by atoms with E-state index in [1.165, 1.54) is 7.11 Å². The third-order valence-electron chi connectivity index (χ3n) is 3.63. The lowest BCUT2D eigenvalue weighted by molar-refractivity contribution is 0.0914. The van der Waals surface area contributed by atoms with Crippen molar-refractivity contribution in [2.75, 3.05) is 13.7 Å². The lowest BCUT2D eigenvalue weighted by atomic mass is 10.1. The average Bonchev–Trinajstić information content (AvgIpc) is 2.84. The molecule has 1 aliphatic carbocycles. The van der Waals surface area contributed by atoms with Gasteiger partial charge < -0.3 is 15.2 Å². The van der Waals surface area contributed by atoms with E-state index in [0.29, 0.717) is 22.9 Å². The molecule has 0 spiro atoms. The number of methoxy groups -OCH3 is 1. The Morgan fingerprint density at radius 2 is 2.30 bits per heavy atom. The second-order valence-electron chi connectivity index (χ2n) is 4.93. The summed E-state index contributed by atoms with van der Waals surface area (Å²) < 4.78 is 6.06. The van der Waals surface area contributed by atoms with Crippen LogP contribution in [0.15, 0.2) is 12.1 Å². The Morgan fingerprint density at radius 1 is 1.55 bits per heavy atom. The molecule has 4 nitrogen and oxygen atoms in total. The van der Waals surface area contributed by atoms with Crippen molar-refractivity contribution in [1.29, 1.82) is 0 Å². The van der Waals surface area contributed by atoms with E-state index in [2.05, 4.69) is 27.9 Å². The number of hydrogen-bond donors (Lipinski definition) is 2. The summed E-state index contributed by atoms with van der Waals surface area (Å²) in [6.07, 6.45) is 2.48. The van der Waals surface area contributed by atoms with Gasteiger partial charge in [-0.15, -0.1) is 0 Å². The number of aliphatic hydroxyl groups excluding tert-OH is 1. The Morgan fingerprint density at radius 3 is 2.90 bits per heavy atom. The molecule has 1 fully saturated rings. The molecule has 1 saturated carbocycles. The summed E-state index contributed by atoms with van der Waals surface area (Å²) in [6, 6.07) is 3.35. The third kappa shape index (κ3) is 3.56. The average molecular weight is 410 g/mol. The Kier molecular flexibility index (Phi) is 5.51. The molecule has 1 aliphatic rings. The third-order valence-corrected chi connectivity index (χ3v) is 5.15. The lowest BCUT2D eigenvalue weighted by Gasteiger charge is -2.16. The first-order valence-electron chi connectivity index (χ1n) is 6.52. The molecule has 2 atom stereocenters. The van der Waals surface area contributed by atoms with E-state index in [1.54, 1.807) is 12.1 Å². The molecule has 20 heavy (non-hydrogen) atoms. The van der Waals surface area contributed by atoms with Gasteiger partial charge in [0.05, 0.1) is 23.8 Å². The van der Waals surface area contributed by atoms with E-state index in [0.717, 1.165) is 22.8 Å². The number of rotatable bonds is 4. The molecule has 110 valence electrons. The molecule has 2 unspecified atom stereocenters. The van der Waals surface area contributed by atoms with Gasteiger partial charge in [0.1, 0.15) is 5.75 Å². The highest BCUT2D eigenvalue weighted by Crippen LogP contribution is 2.29. The molecule has 0 saturated heterocycles. The minimum absolute atomic E-state index is 0.143. The van der Waals surface area contributed by atoms with Crippen LogP contribution in [0.3, 0.4) is 0 Å². The van der Waals surface area contributed by atoms with Crippen LogP contribution < -0.4 is 10.1 Å². The highest BCUT2D eigenvalue weighted by Gasteiger charge is 2.26. The van der Waals surface area contributed by atoms with Crippen molar-refractivity contribution in [3.63, 3.8) is 0 Å². The molecule has 0 aliphatic heterocycles. The lowest BCUT2D eigenvalue weighted by Crippen LogP contribution is -2.32. The second-order valence-corrected chi connectivity index (χ2v) is 6.50. The SMILES string of the molecule is COc1cc(I)c(Cl)cc1C(=O)NCC1CCCC1O. The number of hydrogen-bond acceptors (Lipinski definition) is 3. The van der Waals surface area contributed by atoms with Gasteiger partial charge in [-0.3, -0.25) is 4.79 Å². The predicted octanol–water partition coefficient (Wildman–Crippen LogP) is 2.84. The van der Waals surface area contributed by atoms with Crippen molar-refractivity contribution in [2.45, 2.75) is 25.4 Å². The van der Waals surface area contributed by atoms with E-state index < -0.39 is 0 Å². The van der Waals surface area contributed by atoms with Crippen LogP contribution in [0.4, 0.5) is 0 Å². The first-order chi connectivity index (χ1) is 9.52. The van der Waals surface area contributed by atoms with Gasteiger partial charge >= 0.3 is 0 Å². The monoisotopic (exact) mass is 409 g/mol. The van der Waals surface area contributed by atoms with Crippen molar-refractivity contribution in [1.82, 2.24) is 5.32 Å². The van der Waals surface area contributed by atoms with Crippen molar-refractivity contribution < 1.29 is 14.6 Å². The summed E-state index contributed by atoms with van der Waals surface area (Å²) in [7, 11) is 1.52. The Balaban J connectivity index is 2.07. The number of benzene rings is 1. The van der Waals surface area contributed by atoms with Gasteiger partial charge in [0.25, 0.3) is 5.91 Å². The quantitative estimate of drug-likeness (QED) is 0.752. The van der Waals surface area contributed by atoms with Crippen LogP contribution in [0.1, 0.15) is 29.6 Å². The molecule has 1 amide bonds. The number of aliphatic hydroxyl groups is 1. The largest absolute Gasteiger partial charge is 0.496 e. The van der Waals surface area contributed by atoms with E-state index in [-0.39, 0.29) is 17.9 Å². The first-order valence-corrected chi connectivity index (χ1v) is 7.98. The molecular weight excluding hydrogens is 393 g/mol. The summed E-state index contributed by atoms with van der Waals surface area (Å²) in [6.45, 7) is 0.479. The number of nitrogens with one attached hydrogen (secondary N) is 1. The smallest absolute Gasteiger partial charge is 0.255 e. The topological polar surface area (TPSA) is 58.6 Å². The predicted molar refractivity (Wildman–Crippen MR) is 86.4 cm³/mol. The van der Waals surface area contributed by atoms with Gasteiger partial charge in [-0.1, -0.05) is 18.0 Å². The van der Waals surface area contributed by atoms with Crippen LogP contribution in [-0.2, 0) is 0 Å². The molecule has 0 aromatic heterocycles. The van der Waals surface area contributed by atoms with E-state index >= 15 is 0 Å². The van der Waals surface area contributed by atoms with Gasteiger partial charge in [-0.25, -0.2) is 0 Å². The summed E-state index contributed by atoms with van der Waals surface area (Å²) >= 11 is 8.15. The molecule has 2 N–H and O–H groups in total. The minimum Gasteiger partial charge on any atom is -0.496 e. The molecule has 2 rings (SSSR count). The zero-order valence-corrected chi connectivity index (χ0v) is 14.1. The van der Waals surface area contributed by atoms with E-state index in [1.807, 2.05) is 0 Å². The Hall–Kier alpha value is -0.530. The number of halogens is 2. The van der Waals surface area contributed by atoms with Gasteiger partial charge in [0, 0.05) is 16.0 Å². The standard InChI is InChI=1S/C14H17ClINO3/c1-20-13-6-11(16)10(15)5-9(13)14(19)17-7-8-3-2-4-12(8)18/h5-6,8,12,18H,2-4,7H2,1H3,(H,17,19). The fraction of sp³-hybridized carbons (Fsp3) is 0.500. The van der Waals surface area contributed by atoms with Crippen LogP contribution in [0, 0.1) is 9.49 Å². The maximum Gasteiger partial charge on any atom is 0.255 e. The number of carbonyl (C=O) groups is 1. The van der Waals surface area contributed by atoms with Gasteiger partial charge in [0.2, 0.25) is 0 Å². The summed E-state index contributed by atoms with van der Waals surface area (Å²) in [5.74, 6) is 0.423. The summed E-state index contributed by atoms with van der Waals surface area (Å²) in [4.78, 5) is 12.2. The van der Waals surface area contributed by atoms with Crippen molar-refractivity contribution in [3.8, 4) is 5.75 Å². The highest BCUT2D eigenvalue weighted by molar-refractivity contribution is 14.1. The van der Waals surface area contributed by atoms with E-state index in [9.17, 15) is 9.90 Å².